The van der Waals surface area contributed by atoms with Gasteiger partial charge in [-0.05, 0) is 50.5 Å². The number of piperidine rings is 1. The molecule has 0 saturated carbocycles. The second-order valence-electron chi connectivity index (χ2n) is 8.57. The Morgan fingerprint density at radius 3 is 2.79 bits per heavy atom. The first-order chi connectivity index (χ1) is 16.0. The minimum absolute atomic E-state index is 0.00387. The van der Waals surface area contributed by atoms with Crippen LogP contribution in [0.25, 0.3) is 11.1 Å². The maximum Gasteiger partial charge on any atom is 0.264 e. The number of aromatic nitrogens is 4. The van der Waals surface area contributed by atoms with E-state index in [9.17, 15) is 9.59 Å². The van der Waals surface area contributed by atoms with Crippen LogP contribution in [0.2, 0.25) is 0 Å². The number of para-hydroxylation sites is 2. The SMILES string of the molecule is Cc1cnc(Cn2ccc(C)c(C(=O)N3CCCC(c4nc5ccccc5o4)C3)c2=O)cn1. The summed E-state index contributed by atoms with van der Waals surface area (Å²) in [4.78, 5) is 41.7. The van der Waals surface area contributed by atoms with Crippen molar-refractivity contribution in [3.05, 3.63) is 87.7 Å². The molecule has 1 fully saturated rings. The van der Waals surface area contributed by atoms with Crippen LogP contribution in [0.15, 0.2) is 58.1 Å². The Morgan fingerprint density at radius 2 is 2.00 bits per heavy atom. The number of fused-ring (bicyclic) bond motifs is 1. The number of rotatable bonds is 4. The van der Waals surface area contributed by atoms with Gasteiger partial charge in [-0.25, -0.2) is 4.98 Å². The lowest BCUT2D eigenvalue weighted by Crippen LogP contribution is -2.42. The fourth-order valence-electron chi connectivity index (χ4n) is 4.31. The van der Waals surface area contributed by atoms with Gasteiger partial charge in [-0.3, -0.25) is 19.6 Å². The average Bonchev–Trinajstić information content (AvgIpc) is 3.27. The first-order valence-electron chi connectivity index (χ1n) is 11.1. The van der Waals surface area contributed by atoms with Gasteiger partial charge in [0.05, 0.1) is 30.0 Å². The molecule has 0 spiro atoms. The topological polar surface area (TPSA) is 94.1 Å². The molecule has 168 valence electrons. The summed E-state index contributed by atoms with van der Waals surface area (Å²) in [6.07, 6.45) is 6.74. The first-order valence-corrected chi connectivity index (χ1v) is 11.1. The quantitative estimate of drug-likeness (QED) is 0.479. The monoisotopic (exact) mass is 443 g/mol. The Labute approximate surface area is 190 Å². The highest BCUT2D eigenvalue weighted by molar-refractivity contribution is 5.95. The van der Waals surface area contributed by atoms with Gasteiger partial charge in [0, 0.05) is 25.5 Å². The zero-order valence-corrected chi connectivity index (χ0v) is 18.7. The van der Waals surface area contributed by atoms with Crippen molar-refractivity contribution in [3.63, 3.8) is 0 Å². The Balaban J connectivity index is 1.40. The highest BCUT2D eigenvalue weighted by Crippen LogP contribution is 2.29. The second kappa shape index (κ2) is 8.61. The van der Waals surface area contributed by atoms with Crippen LogP contribution in [0.5, 0.6) is 0 Å². The number of benzene rings is 1. The number of hydrogen-bond acceptors (Lipinski definition) is 6. The molecule has 4 aromatic rings. The van der Waals surface area contributed by atoms with E-state index >= 15 is 0 Å². The van der Waals surface area contributed by atoms with Gasteiger partial charge in [0.15, 0.2) is 11.5 Å². The summed E-state index contributed by atoms with van der Waals surface area (Å²) >= 11 is 0. The molecule has 0 N–H and O–H groups in total. The molecule has 1 atom stereocenters. The molecule has 33 heavy (non-hydrogen) atoms. The second-order valence-corrected chi connectivity index (χ2v) is 8.57. The van der Waals surface area contributed by atoms with Gasteiger partial charge in [-0.1, -0.05) is 12.1 Å². The maximum absolute atomic E-state index is 13.5. The zero-order valence-electron chi connectivity index (χ0n) is 18.7. The summed E-state index contributed by atoms with van der Waals surface area (Å²) in [6.45, 7) is 5.00. The van der Waals surface area contributed by atoms with Gasteiger partial charge < -0.3 is 13.9 Å². The fourth-order valence-corrected chi connectivity index (χ4v) is 4.31. The Hall–Kier alpha value is -3.81. The number of pyridine rings is 1. The predicted molar refractivity (Wildman–Crippen MR) is 123 cm³/mol. The molecule has 5 rings (SSSR count). The lowest BCUT2D eigenvalue weighted by molar-refractivity contribution is 0.0695. The molecular weight excluding hydrogens is 418 g/mol. The number of oxazole rings is 1. The van der Waals surface area contributed by atoms with E-state index < -0.39 is 0 Å². The van der Waals surface area contributed by atoms with E-state index in [1.807, 2.05) is 31.2 Å². The van der Waals surface area contributed by atoms with Crippen LogP contribution in [0.1, 0.15) is 52.0 Å². The van der Waals surface area contributed by atoms with Crippen molar-refractivity contribution in [1.29, 1.82) is 0 Å². The van der Waals surface area contributed by atoms with Crippen LogP contribution < -0.4 is 5.56 Å². The van der Waals surface area contributed by atoms with E-state index in [0.29, 0.717) is 30.2 Å². The number of hydrogen-bond donors (Lipinski definition) is 0. The molecule has 1 aliphatic heterocycles. The van der Waals surface area contributed by atoms with E-state index in [0.717, 1.165) is 29.6 Å². The third-order valence-corrected chi connectivity index (χ3v) is 6.12. The van der Waals surface area contributed by atoms with Crippen LogP contribution in [0, 0.1) is 13.8 Å². The van der Waals surface area contributed by atoms with E-state index in [2.05, 4.69) is 15.0 Å². The predicted octanol–water partition coefficient (Wildman–Crippen LogP) is 3.46. The standard InChI is InChI=1S/C25H25N5O3/c1-16-9-11-30(15-19-13-26-17(2)12-27-19)25(32)22(16)24(31)29-10-5-6-18(14-29)23-28-20-7-3-4-8-21(20)33-23/h3-4,7-9,11-13,18H,5-6,10,14-15H2,1-2H3. The summed E-state index contributed by atoms with van der Waals surface area (Å²) < 4.78 is 7.47. The molecule has 0 aliphatic carbocycles. The largest absolute Gasteiger partial charge is 0.440 e. The van der Waals surface area contributed by atoms with E-state index in [1.165, 1.54) is 4.57 Å². The van der Waals surface area contributed by atoms with Crippen molar-refractivity contribution >= 4 is 17.0 Å². The molecule has 1 aromatic carbocycles. The first kappa shape index (κ1) is 21.1. The normalized spacial score (nSPS) is 16.3. The van der Waals surface area contributed by atoms with Crippen LogP contribution >= 0.6 is 0 Å². The molecule has 4 heterocycles. The van der Waals surface area contributed by atoms with Crippen molar-refractivity contribution in [3.8, 4) is 0 Å². The third kappa shape index (κ3) is 4.16. The highest BCUT2D eigenvalue weighted by atomic mass is 16.3. The van der Waals surface area contributed by atoms with Gasteiger partial charge in [0.25, 0.3) is 11.5 Å². The molecule has 0 bridgehead atoms. The van der Waals surface area contributed by atoms with E-state index in [4.69, 9.17) is 4.42 Å². The van der Waals surface area contributed by atoms with Gasteiger partial charge in [0.1, 0.15) is 11.1 Å². The Morgan fingerprint density at radius 1 is 1.15 bits per heavy atom. The van der Waals surface area contributed by atoms with E-state index in [-0.39, 0.29) is 29.5 Å². The van der Waals surface area contributed by atoms with Crippen LogP contribution in [-0.4, -0.2) is 43.4 Å². The van der Waals surface area contributed by atoms with Gasteiger partial charge >= 0.3 is 0 Å². The summed E-state index contributed by atoms with van der Waals surface area (Å²) in [7, 11) is 0. The molecule has 8 nitrogen and oxygen atoms in total. The third-order valence-electron chi connectivity index (χ3n) is 6.12. The molecule has 8 heteroatoms. The molecular formula is C25H25N5O3. The Kier molecular flexibility index (Phi) is 5.50. The lowest BCUT2D eigenvalue weighted by atomic mass is 9.97. The van der Waals surface area contributed by atoms with Crippen molar-refractivity contribution in [2.24, 2.45) is 0 Å². The van der Waals surface area contributed by atoms with Crippen molar-refractivity contribution < 1.29 is 9.21 Å². The Bertz CT molecular complexity index is 1340. The molecule has 1 unspecified atom stereocenters. The molecule has 0 radical (unpaired) electrons. The van der Waals surface area contributed by atoms with Crippen molar-refractivity contribution in [1.82, 2.24) is 24.4 Å². The average molecular weight is 444 g/mol. The molecule has 1 saturated heterocycles. The summed E-state index contributed by atoms with van der Waals surface area (Å²) in [5.74, 6) is 0.403. The summed E-state index contributed by atoms with van der Waals surface area (Å²) in [5.41, 5.74) is 3.60. The number of amides is 1. The highest BCUT2D eigenvalue weighted by Gasteiger charge is 2.30. The number of aryl methyl sites for hydroxylation is 2. The number of nitrogens with zero attached hydrogens (tertiary/aromatic N) is 5. The van der Waals surface area contributed by atoms with Gasteiger partial charge in [-0.15, -0.1) is 0 Å². The minimum Gasteiger partial charge on any atom is -0.440 e. The van der Waals surface area contributed by atoms with Crippen LogP contribution in [0.3, 0.4) is 0 Å². The van der Waals surface area contributed by atoms with Crippen LogP contribution in [0.4, 0.5) is 0 Å². The molecule has 1 amide bonds. The minimum atomic E-state index is -0.314. The van der Waals surface area contributed by atoms with Gasteiger partial charge in [0.2, 0.25) is 0 Å². The molecule has 3 aromatic heterocycles. The number of likely N-dealkylation sites (tertiary alicyclic amines) is 1. The van der Waals surface area contributed by atoms with Crippen LogP contribution in [-0.2, 0) is 6.54 Å². The summed E-state index contributed by atoms with van der Waals surface area (Å²) in [6, 6.07) is 9.46. The van der Waals surface area contributed by atoms with E-state index in [1.54, 1.807) is 36.5 Å². The zero-order chi connectivity index (χ0) is 22.9. The summed E-state index contributed by atoms with van der Waals surface area (Å²) in [5, 5.41) is 0. The maximum atomic E-state index is 13.5. The van der Waals surface area contributed by atoms with Crippen molar-refractivity contribution in [2.45, 2.75) is 39.2 Å². The van der Waals surface area contributed by atoms with Crippen molar-refractivity contribution in [2.75, 3.05) is 13.1 Å². The lowest BCUT2D eigenvalue weighted by Gasteiger charge is -2.31. The molecule has 1 aliphatic rings. The number of carbonyl (C=O) groups is 1. The smallest absolute Gasteiger partial charge is 0.264 e. The fraction of sp³-hybridized carbons (Fsp3) is 0.320. The van der Waals surface area contributed by atoms with Gasteiger partial charge in [-0.2, -0.15) is 0 Å². The number of carbonyl (C=O) groups excluding carboxylic acids is 1.